The normalized spacial score (nSPS) is 40.7. The van der Waals surface area contributed by atoms with Gasteiger partial charge in [0.25, 0.3) is 0 Å². The van der Waals surface area contributed by atoms with Gasteiger partial charge < -0.3 is 14.7 Å². The summed E-state index contributed by atoms with van der Waals surface area (Å²) in [4.78, 5) is 15.3. The second-order valence-corrected chi connectivity index (χ2v) is 7.85. The van der Waals surface area contributed by atoms with Gasteiger partial charge >= 0.3 is 0 Å². The largest absolute Gasteiger partial charge is 0.504 e. The molecule has 2 aliphatic heterocycles. The summed E-state index contributed by atoms with van der Waals surface area (Å²) in [5.41, 5.74) is 2.25. The minimum absolute atomic E-state index is 0.199. The number of piperidine rings is 1. The standard InChI is InChI=1S/C19H23NO3/c1-3-10-9-14(22)18-19-6-7-20(2)12(15(10)19)8-11-4-5-13(21)17(23-18)16(11)19/h4-5,10,12,15,18,21H,3,6-9H2,1-2H3/t10-,12-,15+,18+,19+/m1/s1. The molecular weight excluding hydrogens is 290 g/mol. The lowest BCUT2D eigenvalue weighted by atomic mass is 9.48. The van der Waals surface area contributed by atoms with Gasteiger partial charge in [-0.25, -0.2) is 0 Å². The van der Waals surface area contributed by atoms with E-state index in [9.17, 15) is 9.90 Å². The molecule has 4 heteroatoms. The molecule has 2 heterocycles. The van der Waals surface area contributed by atoms with Crippen molar-refractivity contribution < 1.29 is 14.6 Å². The highest BCUT2D eigenvalue weighted by molar-refractivity contribution is 5.89. The van der Waals surface area contributed by atoms with Crippen LogP contribution in [0.25, 0.3) is 0 Å². The van der Waals surface area contributed by atoms with E-state index in [1.807, 2.05) is 6.07 Å². The lowest BCUT2D eigenvalue weighted by molar-refractivity contribution is -0.144. The van der Waals surface area contributed by atoms with Crippen LogP contribution in [0.5, 0.6) is 11.5 Å². The first-order valence-electron chi connectivity index (χ1n) is 8.83. The Morgan fingerprint density at radius 1 is 1.39 bits per heavy atom. The number of hydrogen-bond acceptors (Lipinski definition) is 4. The van der Waals surface area contributed by atoms with Crippen molar-refractivity contribution >= 4 is 5.78 Å². The number of carbonyl (C=O) groups excluding carboxylic acids is 1. The van der Waals surface area contributed by atoms with Gasteiger partial charge in [0.2, 0.25) is 0 Å². The quantitative estimate of drug-likeness (QED) is 0.864. The maximum Gasteiger partial charge on any atom is 0.174 e. The van der Waals surface area contributed by atoms with Gasteiger partial charge in [0.05, 0.1) is 0 Å². The van der Waals surface area contributed by atoms with Crippen LogP contribution in [0.4, 0.5) is 0 Å². The number of hydrogen-bond donors (Lipinski definition) is 1. The van der Waals surface area contributed by atoms with E-state index in [2.05, 4.69) is 18.9 Å². The summed E-state index contributed by atoms with van der Waals surface area (Å²) in [5.74, 6) is 1.93. The van der Waals surface area contributed by atoms with Gasteiger partial charge in [-0.05, 0) is 49.9 Å². The number of ether oxygens (including phenoxy) is 1. The molecule has 1 N–H and O–H groups in total. The van der Waals surface area contributed by atoms with Crippen molar-refractivity contribution in [2.45, 2.75) is 50.2 Å². The molecule has 0 radical (unpaired) electrons. The fraction of sp³-hybridized carbons (Fsp3) is 0.632. The van der Waals surface area contributed by atoms with Crippen LogP contribution in [0.1, 0.15) is 37.3 Å². The Bertz CT molecular complexity index is 715. The molecule has 4 aliphatic rings. The minimum atomic E-state index is -0.381. The number of likely N-dealkylation sites (N-methyl/N-ethyl adjacent to an activating group) is 1. The van der Waals surface area contributed by atoms with E-state index in [1.165, 1.54) is 11.1 Å². The molecule has 2 bridgehead atoms. The fourth-order valence-corrected chi connectivity index (χ4v) is 6.16. The third-order valence-corrected chi connectivity index (χ3v) is 7.06. The van der Waals surface area contributed by atoms with Crippen LogP contribution in [-0.2, 0) is 16.6 Å². The molecule has 1 aromatic carbocycles. The van der Waals surface area contributed by atoms with E-state index in [4.69, 9.17) is 4.74 Å². The first-order chi connectivity index (χ1) is 11.1. The first-order valence-corrected chi connectivity index (χ1v) is 8.83. The Morgan fingerprint density at radius 3 is 3.00 bits per heavy atom. The second-order valence-electron chi connectivity index (χ2n) is 7.85. The molecule has 2 fully saturated rings. The van der Waals surface area contributed by atoms with Gasteiger partial charge in [-0.1, -0.05) is 19.4 Å². The van der Waals surface area contributed by atoms with E-state index < -0.39 is 0 Å². The number of aromatic hydroxyl groups is 1. The van der Waals surface area contributed by atoms with Gasteiger partial charge in [-0.15, -0.1) is 0 Å². The molecule has 1 saturated heterocycles. The molecule has 5 rings (SSSR count). The maximum atomic E-state index is 12.9. The lowest BCUT2D eigenvalue weighted by Crippen LogP contribution is -2.67. The highest BCUT2D eigenvalue weighted by atomic mass is 16.5. The summed E-state index contributed by atoms with van der Waals surface area (Å²) in [6, 6.07) is 4.26. The molecule has 4 nitrogen and oxygen atoms in total. The number of rotatable bonds is 1. The van der Waals surface area contributed by atoms with Crippen LogP contribution in [0.2, 0.25) is 0 Å². The van der Waals surface area contributed by atoms with E-state index in [-0.39, 0.29) is 23.1 Å². The first kappa shape index (κ1) is 13.8. The van der Waals surface area contributed by atoms with Gasteiger partial charge in [-0.3, -0.25) is 4.79 Å². The number of Topliss-reactive ketones (excluding diaryl/α,β-unsaturated/α-hetero) is 1. The molecule has 2 aliphatic carbocycles. The van der Waals surface area contributed by atoms with Crippen molar-refractivity contribution in [3.63, 3.8) is 0 Å². The van der Waals surface area contributed by atoms with Crippen molar-refractivity contribution in [1.82, 2.24) is 4.90 Å². The van der Waals surface area contributed by atoms with Crippen molar-refractivity contribution in [3.05, 3.63) is 23.3 Å². The van der Waals surface area contributed by atoms with E-state index >= 15 is 0 Å². The summed E-state index contributed by atoms with van der Waals surface area (Å²) in [5, 5.41) is 10.3. The fourth-order valence-electron chi connectivity index (χ4n) is 6.16. The zero-order chi connectivity index (χ0) is 15.9. The molecule has 23 heavy (non-hydrogen) atoms. The van der Waals surface area contributed by atoms with Gasteiger partial charge in [-0.2, -0.15) is 0 Å². The number of likely N-dealkylation sites (tertiary alicyclic amines) is 1. The van der Waals surface area contributed by atoms with Crippen LogP contribution >= 0.6 is 0 Å². The summed E-state index contributed by atoms with van der Waals surface area (Å²) < 4.78 is 6.13. The van der Waals surface area contributed by atoms with E-state index in [1.54, 1.807) is 6.07 Å². The number of benzene rings is 1. The molecule has 1 spiro atoms. The van der Waals surface area contributed by atoms with Crippen LogP contribution in [-0.4, -0.2) is 41.5 Å². The number of carbonyl (C=O) groups is 1. The Kier molecular flexibility index (Phi) is 2.59. The number of ketones is 1. The molecule has 1 aromatic rings. The van der Waals surface area contributed by atoms with Crippen LogP contribution in [0, 0.1) is 11.8 Å². The zero-order valence-corrected chi connectivity index (χ0v) is 13.7. The Labute approximate surface area is 136 Å². The zero-order valence-electron chi connectivity index (χ0n) is 13.7. The van der Waals surface area contributed by atoms with Crippen molar-refractivity contribution in [2.24, 2.45) is 11.8 Å². The van der Waals surface area contributed by atoms with Crippen molar-refractivity contribution in [3.8, 4) is 11.5 Å². The van der Waals surface area contributed by atoms with Gasteiger partial charge in [0.1, 0.15) is 0 Å². The second kappa shape index (κ2) is 4.29. The number of nitrogens with zero attached hydrogens (tertiary/aromatic N) is 1. The molecule has 1 saturated carbocycles. The SMILES string of the molecule is CC[C@@H]1CC(=O)[C@@H]2Oc3c(O)ccc4c3[C@@]23CCN(C)[C@H](C4)[C@H]13. The van der Waals surface area contributed by atoms with Crippen LogP contribution < -0.4 is 4.74 Å². The van der Waals surface area contributed by atoms with Gasteiger partial charge in [0.15, 0.2) is 23.4 Å². The molecule has 122 valence electrons. The highest BCUT2D eigenvalue weighted by Crippen LogP contribution is 2.64. The van der Waals surface area contributed by atoms with Gasteiger partial charge in [0, 0.05) is 23.4 Å². The Hall–Kier alpha value is -1.55. The minimum Gasteiger partial charge on any atom is -0.504 e. The summed E-state index contributed by atoms with van der Waals surface area (Å²) in [6.07, 6.45) is 3.25. The van der Waals surface area contributed by atoms with Crippen molar-refractivity contribution in [1.29, 1.82) is 0 Å². The maximum absolute atomic E-state index is 12.9. The molecule has 0 amide bonds. The molecule has 0 unspecified atom stereocenters. The summed E-state index contributed by atoms with van der Waals surface area (Å²) in [7, 11) is 2.22. The summed E-state index contributed by atoms with van der Waals surface area (Å²) in [6.45, 7) is 3.21. The molecule has 5 atom stereocenters. The predicted octanol–water partition coefficient (Wildman–Crippen LogP) is 2.27. The monoisotopic (exact) mass is 313 g/mol. The number of phenols is 1. The average molecular weight is 313 g/mol. The highest BCUT2D eigenvalue weighted by Gasteiger charge is 2.67. The van der Waals surface area contributed by atoms with Crippen LogP contribution in [0.3, 0.4) is 0 Å². The lowest BCUT2D eigenvalue weighted by Gasteiger charge is -2.59. The molecular formula is C19H23NO3. The van der Waals surface area contributed by atoms with E-state index in [0.717, 1.165) is 25.8 Å². The summed E-state index contributed by atoms with van der Waals surface area (Å²) >= 11 is 0. The van der Waals surface area contributed by atoms with Crippen LogP contribution in [0.15, 0.2) is 12.1 Å². The number of phenolic OH excluding ortho intramolecular Hbond substituents is 1. The third kappa shape index (κ3) is 1.44. The average Bonchev–Trinajstić information content (AvgIpc) is 2.90. The third-order valence-electron chi connectivity index (χ3n) is 7.06. The van der Waals surface area contributed by atoms with E-state index in [0.29, 0.717) is 30.0 Å². The van der Waals surface area contributed by atoms with Crippen molar-refractivity contribution in [2.75, 3.05) is 13.6 Å². The Balaban J connectivity index is 1.82. The Morgan fingerprint density at radius 2 is 2.22 bits per heavy atom. The predicted molar refractivity (Wildman–Crippen MR) is 85.8 cm³/mol. The topological polar surface area (TPSA) is 49.8 Å². The molecule has 0 aromatic heterocycles. The smallest absolute Gasteiger partial charge is 0.174 e.